The van der Waals surface area contributed by atoms with Crippen LogP contribution in [0.15, 0.2) is 47.1 Å². The molecule has 98 valence electrons. The van der Waals surface area contributed by atoms with E-state index in [9.17, 15) is 4.79 Å². The number of hydrogen-bond acceptors (Lipinski definition) is 2. The van der Waals surface area contributed by atoms with Gasteiger partial charge in [0.1, 0.15) is 5.82 Å². The average Bonchev–Trinajstić information content (AvgIpc) is 2.36. The lowest BCUT2D eigenvalue weighted by Gasteiger charge is -2.07. The van der Waals surface area contributed by atoms with Crippen LogP contribution in [0.25, 0.3) is 0 Å². The number of hydrogen-bond donors (Lipinski definition) is 2. The maximum atomic E-state index is 11.7. The number of pyridine rings is 1. The van der Waals surface area contributed by atoms with E-state index in [1.165, 1.54) is 6.20 Å². The smallest absolute Gasteiger partial charge is 0.320 e. The molecule has 1 heterocycles. The molecular weight excluding hydrogens is 330 g/mol. The fraction of sp³-hybridized carbons (Fsp3) is 0.0769. The molecule has 0 aliphatic heterocycles. The number of nitrogens with one attached hydrogen (secondary N) is 2. The number of rotatable bonds is 3. The summed E-state index contributed by atoms with van der Waals surface area (Å²) in [5.74, 6) is 0.416. The van der Waals surface area contributed by atoms with Crippen molar-refractivity contribution in [3.05, 3.63) is 57.7 Å². The van der Waals surface area contributed by atoms with Crippen LogP contribution < -0.4 is 10.6 Å². The van der Waals surface area contributed by atoms with Crippen LogP contribution >= 0.6 is 27.5 Å². The van der Waals surface area contributed by atoms with E-state index in [1.807, 2.05) is 24.3 Å². The molecule has 0 bridgehead atoms. The average molecular weight is 341 g/mol. The van der Waals surface area contributed by atoms with Gasteiger partial charge in [-0.05, 0) is 29.8 Å². The first kappa shape index (κ1) is 13.8. The zero-order valence-corrected chi connectivity index (χ0v) is 12.2. The van der Waals surface area contributed by atoms with E-state index in [0.29, 0.717) is 17.4 Å². The van der Waals surface area contributed by atoms with Gasteiger partial charge < -0.3 is 5.32 Å². The first-order chi connectivity index (χ1) is 9.13. The van der Waals surface area contributed by atoms with E-state index >= 15 is 0 Å². The number of halogens is 2. The molecule has 4 nitrogen and oxygen atoms in total. The van der Waals surface area contributed by atoms with Gasteiger partial charge in [0.25, 0.3) is 0 Å². The molecule has 1 aromatic heterocycles. The summed E-state index contributed by atoms with van der Waals surface area (Å²) in [5.41, 5.74) is 1.00. The van der Waals surface area contributed by atoms with Gasteiger partial charge in [0.15, 0.2) is 0 Å². The van der Waals surface area contributed by atoms with E-state index in [2.05, 4.69) is 31.5 Å². The Morgan fingerprint density at radius 2 is 2.16 bits per heavy atom. The summed E-state index contributed by atoms with van der Waals surface area (Å²) < 4.78 is 0.976. The normalized spacial score (nSPS) is 10.0. The maximum Gasteiger partial charge on any atom is 0.320 e. The van der Waals surface area contributed by atoms with Gasteiger partial charge in [0, 0.05) is 22.2 Å². The van der Waals surface area contributed by atoms with Crippen molar-refractivity contribution in [2.45, 2.75) is 6.54 Å². The van der Waals surface area contributed by atoms with Crippen LogP contribution in [0, 0.1) is 0 Å². The van der Waals surface area contributed by atoms with E-state index in [0.717, 1.165) is 10.0 Å². The lowest BCUT2D eigenvalue weighted by atomic mass is 10.2. The highest BCUT2D eigenvalue weighted by atomic mass is 79.9. The quantitative estimate of drug-likeness (QED) is 0.892. The minimum atomic E-state index is -0.324. The largest absolute Gasteiger partial charge is 0.334 e. The zero-order chi connectivity index (χ0) is 13.7. The number of anilines is 1. The first-order valence-electron chi connectivity index (χ1n) is 5.54. The van der Waals surface area contributed by atoms with Crippen molar-refractivity contribution in [3.63, 3.8) is 0 Å². The Labute approximate surface area is 124 Å². The molecule has 1 aromatic carbocycles. The number of nitrogens with zero attached hydrogens (tertiary/aromatic N) is 1. The Hall–Kier alpha value is -1.59. The van der Waals surface area contributed by atoms with Crippen molar-refractivity contribution < 1.29 is 4.79 Å². The minimum absolute atomic E-state index is 0.324. The molecule has 0 aliphatic rings. The van der Waals surface area contributed by atoms with Gasteiger partial charge in [-0.3, -0.25) is 5.32 Å². The summed E-state index contributed by atoms with van der Waals surface area (Å²) in [7, 11) is 0. The molecular formula is C13H11BrClN3O. The minimum Gasteiger partial charge on any atom is -0.334 e. The monoisotopic (exact) mass is 339 g/mol. The molecule has 0 unspecified atom stereocenters. The summed E-state index contributed by atoms with van der Waals surface area (Å²) in [6, 6.07) is 10.6. The number of amides is 2. The highest BCUT2D eigenvalue weighted by Gasteiger charge is 2.03. The predicted octanol–water partition coefficient (Wildman–Crippen LogP) is 3.82. The van der Waals surface area contributed by atoms with Gasteiger partial charge in [-0.25, -0.2) is 9.78 Å². The third-order valence-corrected chi connectivity index (χ3v) is 3.03. The number of carbonyl (C=O) groups excluding carboxylic acids is 1. The molecule has 2 rings (SSSR count). The van der Waals surface area contributed by atoms with Crippen LogP contribution in [0.3, 0.4) is 0 Å². The zero-order valence-electron chi connectivity index (χ0n) is 9.86. The third-order valence-electron chi connectivity index (χ3n) is 2.31. The van der Waals surface area contributed by atoms with Gasteiger partial charge in [-0.1, -0.05) is 39.7 Å². The molecule has 2 amide bonds. The predicted molar refractivity (Wildman–Crippen MR) is 79.2 cm³/mol. The number of urea groups is 1. The first-order valence-corrected chi connectivity index (χ1v) is 6.71. The molecule has 0 saturated carbocycles. The summed E-state index contributed by atoms with van der Waals surface area (Å²) in [4.78, 5) is 15.6. The Bertz CT molecular complexity index is 592. The van der Waals surface area contributed by atoms with Gasteiger partial charge in [-0.2, -0.15) is 0 Å². The van der Waals surface area contributed by atoms with Crippen molar-refractivity contribution in [1.82, 2.24) is 10.3 Å². The van der Waals surface area contributed by atoms with Crippen LogP contribution in [0.5, 0.6) is 0 Å². The highest BCUT2D eigenvalue weighted by molar-refractivity contribution is 9.10. The van der Waals surface area contributed by atoms with Crippen LogP contribution in [-0.2, 0) is 6.54 Å². The second-order valence-electron chi connectivity index (χ2n) is 3.80. The Balaban J connectivity index is 1.88. The Morgan fingerprint density at radius 3 is 2.89 bits per heavy atom. The van der Waals surface area contributed by atoms with Gasteiger partial charge >= 0.3 is 6.03 Å². The summed E-state index contributed by atoms with van der Waals surface area (Å²) in [5, 5.41) is 5.88. The van der Waals surface area contributed by atoms with E-state index in [1.54, 1.807) is 12.1 Å². The van der Waals surface area contributed by atoms with E-state index in [4.69, 9.17) is 11.6 Å². The Morgan fingerprint density at radius 1 is 1.32 bits per heavy atom. The summed E-state index contributed by atoms with van der Waals surface area (Å²) in [6.07, 6.45) is 1.53. The second kappa shape index (κ2) is 6.54. The van der Waals surface area contributed by atoms with Crippen molar-refractivity contribution in [1.29, 1.82) is 0 Å². The SMILES string of the molecule is O=C(NCc1cccc(Br)c1)Nc1cc(Cl)ccn1. The number of carbonyl (C=O) groups is 1. The highest BCUT2D eigenvalue weighted by Crippen LogP contribution is 2.12. The van der Waals surface area contributed by atoms with Crippen molar-refractivity contribution >= 4 is 39.4 Å². The van der Waals surface area contributed by atoms with E-state index < -0.39 is 0 Å². The fourth-order valence-corrected chi connectivity index (χ4v) is 2.07. The lowest BCUT2D eigenvalue weighted by molar-refractivity contribution is 0.251. The van der Waals surface area contributed by atoms with Crippen molar-refractivity contribution in [2.75, 3.05) is 5.32 Å². The maximum absolute atomic E-state index is 11.7. The van der Waals surface area contributed by atoms with E-state index in [-0.39, 0.29) is 6.03 Å². The molecule has 0 saturated heterocycles. The summed E-state index contributed by atoms with van der Waals surface area (Å²) in [6.45, 7) is 0.436. The number of aromatic nitrogens is 1. The van der Waals surface area contributed by atoms with Crippen LogP contribution in [0.4, 0.5) is 10.6 Å². The molecule has 0 radical (unpaired) electrons. The van der Waals surface area contributed by atoms with Crippen molar-refractivity contribution in [3.8, 4) is 0 Å². The molecule has 2 aromatic rings. The van der Waals surface area contributed by atoms with Gasteiger partial charge in [-0.15, -0.1) is 0 Å². The third kappa shape index (κ3) is 4.54. The Kier molecular flexibility index (Phi) is 4.76. The van der Waals surface area contributed by atoms with Gasteiger partial charge in [0.2, 0.25) is 0 Å². The number of benzene rings is 1. The second-order valence-corrected chi connectivity index (χ2v) is 5.15. The lowest BCUT2D eigenvalue weighted by Crippen LogP contribution is -2.28. The van der Waals surface area contributed by atoms with Crippen LogP contribution in [-0.4, -0.2) is 11.0 Å². The van der Waals surface area contributed by atoms with Crippen LogP contribution in [0.2, 0.25) is 5.02 Å². The molecule has 0 atom stereocenters. The molecule has 0 aliphatic carbocycles. The molecule has 2 N–H and O–H groups in total. The molecule has 0 fully saturated rings. The van der Waals surface area contributed by atoms with Gasteiger partial charge in [0.05, 0.1) is 0 Å². The van der Waals surface area contributed by atoms with Crippen LogP contribution in [0.1, 0.15) is 5.56 Å². The molecule has 19 heavy (non-hydrogen) atoms. The molecule has 6 heteroatoms. The van der Waals surface area contributed by atoms with Crippen molar-refractivity contribution in [2.24, 2.45) is 0 Å². The molecule has 0 spiro atoms. The standard InChI is InChI=1S/C13H11BrClN3O/c14-10-3-1-2-9(6-10)8-17-13(19)18-12-7-11(15)4-5-16-12/h1-7H,8H2,(H2,16,17,18,19). The topological polar surface area (TPSA) is 54.0 Å². The fourth-order valence-electron chi connectivity index (χ4n) is 1.46. The summed E-state index contributed by atoms with van der Waals surface area (Å²) >= 11 is 9.18.